The number of anilines is 2. The SMILES string of the molecule is CCCNCC1Cc2cc(NS(=O)(=O)c3ccc(OC(F)(F)F)cc3)ccc2N1.Cl. The van der Waals surface area contributed by atoms with E-state index >= 15 is 0 Å². The molecule has 0 saturated carbocycles. The smallest absolute Gasteiger partial charge is 0.406 e. The zero-order valence-corrected chi connectivity index (χ0v) is 17.8. The van der Waals surface area contributed by atoms with Gasteiger partial charge in [0.25, 0.3) is 10.0 Å². The number of rotatable bonds is 8. The van der Waals surface area contributed by atoms with Gasteiger partial charge in [-0.25, -0.2) is 8.42 Å². The molecule has 0 bridgehead atoms. The fraction of sp³-hybridized carbons (Fsp3) is 0.368. The molecule has 30 heavy (non-hydrogen) atoms. The average molecular weight is 466 g/mol. The van der Waals surface area contributed by atoms with Gasteiger partial charge in [0.2, 0.25) is 0 Å². The Balaban J connectivity index is 0.00000320. The highest BCUT2D eigenvalue weighted by molar-refractivity contribution is 7.92. The summed E-state index contributed by atoms with van der Waals surface area (Å²) in [5.41, 5.74) is 2.36. The first-order chi connectivity index (χ1) is 13.7. The molecular formula is C19H23ClF3N3O3S. The van der Waals surface area contributed by atoms with E-state index in [1.807, 2.05) is 6.07 Å². The van der Waals surface area contributed by atoms with Gasteiger partial charge in [-0.15, -0.1) is 25.6 Å². The van der Waals surface area contributed by atoms with Crippen LogP contribution in [-0.4, -0.2) is 33.9 Å². The van der Waals surface area contributed by atoms with Gasteiger partial charge in [0.1, 0.15) is 5.75 Å². The van der Waals surface area contributed by atoms with Crippen LogP contribution in [0.2, 0.25) is 0 Å². The van der Waals surface area contributed by atoms with Crippen molar-refractivity contribution in [3.05, 3.63) is 48.0 Å². The van der Waals surface area contributed by atoms with Crippen LogP contribution in [0.3, 0.4) is 0 Å². The predicted octanol–water partition coefficient (Wildman–Crippen LogP) is 4.14. The summed E-state index contributed by atoms with van der Waals surface area (Å²) < 4.78 is 68.0. The van der Waals surface area contributed by atoms with Crippen LogP contribution < -0.4 is 20.1 Å². The van der Waals surface area contributed by atoms with E-state index in [0.29, 0.717) is 5.69 Å². The van der Waals surface area contributed by atoms with Crippen molar-refractivity contribution in [3.63, 3.8) is 0 Å². The van der Waals surface area contributed by atoms with Crippen LogP contribution in [0, 0.1) is 0 Å². The molecule has 0 aliphatic carbocycles. The van der Waals surface area contributed by atoms with Crippen molar-refractivity contribution >= 4 is 33.8 Å². The van der Waals surface area contributed by atoms with Crippen molar-refractivity contribution in [2.45, 2.75) is 37.1 Å². The first-order valence-corrected chi connectivity index (χ1v) is 10.6. The van der Waals surface area contributed by atoms with Gasteiger partial charge in [-0.3, -0.25) is 4.72 Å². The summed E-state index contributed by atoms with van der Waals surface area (Å²) in [4.78, 5) is -0.160. The first-order valence-electron chi connectivity index (χ1n) is 9.15. The van der Waals surface area contributed by atoms with Gasteiger partial charge in [-0.1, -0.05) is 6.92 Å². The molecule has 1 atom stereocenters. The minimum atomic E-state index is -4.83. The molecule has 0 amide bonds. The normalized spacial score (nSPS) is 15.7. The third-order valence-electron chi connectivity index (χ3n) is 4.37. The Kier molecular flexibility index (Phi) is 7.84. The Hall–Kier alpha value is -2.17. The van der Waals surface area contributed by atoms with Gasteiger partial charge in [-0.2, -0.15) is 0 Å². The fourth-order valence-corrected chi connectivity index (χ4v) is 4.16. The van der Waals surface area contributed by atoms with Crippen LogP contribution in [0.25, 0.3) is 0 Å². The van der Waals surface area contributed by atoms with Crippen molar-refractivity contribution in [1.82, 2.24) is 5.32 Å². The summed E-state index contributed by atoms with van der Waals surface area (Å²) in [7, 11) is -3.94. The van der Waals surface area contributed by atoms with E-state index in [2.05, 4.69) is 27.0 Å². The molecule has 0 spiro atoms. The van der Waals surface area contributed by atoms with E-state index in [0.717, 1.165) is 61.4 Å². The minimum Gasteiger partial charge on any atom is -0.406 e. The zero-order chi connectivity index (χ0) is 21.1. The summed E-state index contributed by atoms with van der Waals surface area (Å²) in [6.07, 6.45) is -3.01. The van der Waals surface area contributed by atoms with E-state index < -0.39 is 22.1 Å². The number of ether oxygens (including phenoxy) is 1. The largest absolute Gasteiger partial charge is 0.573 e. The van der Waals surface area contributed by atoms with Crippen molar-refractivity contribution in [3.8, 4) is 5.75 Å². The van der Waals surface area contributed by atoms with E-state index in [4.69, 9.17) is 0 Å². The summed E-state index contributed by atoms with van der Waals surface area (Å²) >= 11 is 0. The second-order valence-electron chi connectivity index (χ2n) is 6.75. The second kappa shape index (κ2) is 9.76. The van der Waals surface area contributed by atoms with Crippen molar-refractivity contribution in [1.29, 1.82) is 0 Å². The quantitative estimate of drug-likeness (QED) is 0.510. The highest BCUT2D eigenvalue weighted by atomic mass is 35.5. The van der Waals surface area contributed by atoms with E-state index in [9.17, 15) is 21.6 Å². The summed E-state index contributed by atoms with van der Waals surface area (Å²) in [6, 6.07) is 9.51. The average Bonchev–Trinajstić information content (AvgIpc) is 3.02. The van der Waals surface area contributed by atoms with E-state index in [1.165, 1.54) is 0 Å². The molecule has 1 aliphatic heterocycles. The molecule has 6 nitrogen and oxygen atoms in total. The second-order valence-corrected chi connectivity index (χ2v) is 8.43. The van der Waals surface area contributed by atoms with Crippen LogP contribution in [-0.2, 0) is 16.4 Å². The van der Waals surface area contributed by atoms with Crippen LogP contribution >= 0.6 is 12.4 Å². The topological polar surface area (TPSA) is 79.5 Å². The molecular weight excluding hydrogens is 443 g/mol. The maximum absolute atomic E-state index is 12.5. The molecule has 0 aromatic heterocycles. The molecule has 1 aliphatic rings. The molecule has 0 radical (unpaired) electrons. The summed E-state index contributed by atoms with van der Waals surface area (Å²) in [5, 5.41) is 6.74. The Morgan fingerprint density at radius 3 is 2.50 bits per heavy atom. The monoisotopic (exact) mass is 465 g/mol. The summed E-state index contributed by atoms with van der Waals surface area (Å²) in [5.74, 6) is -0.484. The molecule has 3 rings (SSSR count). The predicted molar refractivity (Wildman–Crippen MR) is 112 cm³/mol. The Labute approximate surface area is 179 Å². The number of alkyl halides is 3. The van der Waals surface area contributed by atoms with Gasteiger partial charge >= 0.3 is 6.36 Å². The Morgan fingerprint density at radius 2 is 1.87 bits per heavy atom. The molecule has 166 valence electrons. The van der Waals surface area contributed by atoms with Gasteiger partial charge in [0.05, 0.1) is 4.90 Å². The minimum absolute atomic E-state index is 0. The highest BCUT2D eigenvalue weighted by Crippen LogP contribution is 2.30. The maximum Gasteiger partial charge on any atom is 0.573 e. The third-order valence-corrected chi connectivity index (χ3v) is 5.77. The lowest BCUT2D eigenvalue weighted by Crippen LogP contribution is -2.31. The summed E-state index contributed by atoms with van der Waals surface area (Å²) in [6.45, 7) is 3.85. The van der Waals surface area contributed by atoms with Gasteiger partial charge < -0.3 is 15.4 Å². The number of benzene rings is 2. The van der Waals surface area contributed by atoms with Gasteiger partial charge in [-0.05, 0) is 67.4 Å². The fourth-order valence-electron chi connectivity index (χ4n) is 3.11. The van der Waals surface area contributed by atoms with Gasteiger partial charge in [0, 0.05) is 24.0 Å². The number of sulfonamides is 1. The third kappa shape index (κ3) is 6.41. The zero-order valence-electron chi connectivity index (χ0n) is 16.1. The maximum atomic E-state index is 12.5. The molecule has 11 heteroatoms. The van der Waals surface area contributed by atoms with Gasteiger partial charge in [0.15, 0.2) is 0 Å². The molecule has 1 heterocycles. The van der Waals surface area contributed by atoms with Crippen LogP contribution in [0.1, 0.15) is 18.9 Å². The number of hydrogen-bond acceptors (Lipinski definition) is 5. The molecule has 1 unspecified atom stereocenters. The standard InChI is InChI=1S/C19H22F3N3O3S.ClH/c1-2-9-23-12-15-11-13-10-14(3-8-18(13)24-15)25-29(26,27)17-6-4-16(5-7-17)28-19(20,21)22;/h3-8,10,15,23-25H,2,9,11-12H2,1H3;1H. The highest BCUT2D eigenvalue weighted by Gasteiger charge is 2.31. The number of hydrogen-bond donors (Lipinski definition) is 3. The van der Waals surface area contributed by atoms with E-state index in [-0.39, 0.29) is 23.3 Å². The lowest BCUT2D eigenvalue weighted by atomic mass is 10.1. The lowest BCUT2D eigenvalue weighted by molar-refractivity contribution is -0.274. The van der Waals surface area contributed by atoms with Crippen LogP contribution in [0.15, 0.2) is 47.4 Å². The van der Waals surface area contributed by atoms with Crippen molar-refractivity contribution in [2.75, 3.05) is 23.1 Å². The number of fused-ring (bicyclic) bond motifs is 1. The lowest BCUT2D eigenvalue weighted by Gasteiger charge is -2.11. The van der Waals surface area contributed by atoms with Crippen molar-refractivity contribution in [2.24, 2.45) is 0 Å². The molecule has 0 saturated heterocycles. The Bertz CT molecular complexity index is 954. The number of halogens is 4. The number of nitrogens with one attached hydrogen (secondary N) is 3. The van der Waals surface area contributed by atoms with Crippen LogP contribution in [0.4, 0.5) is 24.5 Å². The molecule has 0 fully saturated rings. The van der Waals surface area contributed by atoms with E-state index in [1.54, 1.807) is 12.1 Å². The molecule has 2 aromatic rings. The molecule has 2 aromatic carbocycles. The van der Waals surface area contributed by atoms with Crippen molar-refractivity contribution < 1.29 is 26.3 Å². The van der Waals surface area contributed by atoms with Crippen LogP contribution in [0.5, 0.6) is 5.75 Å². The Morgan fingerprint density at radius 1 is 1.17 bits per heavy atom. The first kappa shape index (κ1) is 24.1. The molecule has 3 N–H and O–H groups in total.